The summed E-state index contributed by atoms with van der Waals surface area (Å²) in [6.45, 7) is 3.47. The van der Waals surface area contributed by atoms with E-state index in [1.54, 1.807) is 43.8 Å². The van der Waals surface area contributed by atoms with E-state index in [1.807, 2.05) is 6.26 Å². The summed E-state index contributed by atoms with van der Waals surface area (Å²) in [5.74, 6) is 0.849. The lowest BCUT2D eigenvalue weighted by Gasteiger charge is -2.21. The Morgan fingerprint density at radius 2 is 2.15 bits per heavy atom. The number of hydrogen-bond acceptors (Lipinski definition) is 4. The van der Waals surface area contributed by atoms with Crippen molar-refractivity contribution in [2.24, 2.45) is 0 Å². The smallest absolute Gasteiger partial charge is 0.273 e. The average molecular weight is 294 g/mol. The summed E-state index contributed by atoms with van der Waals surface area (Å²) in [7, 11) is 0. The predicted octanol–water partition coefficient (Wildman–Crippen LogP) is 3.35. The standard InChI is InChI=1S/C14H18N2O3S/c1-9-6-11-10(7-12(9)16(18)19)8-13(15-11)14(2,17)4-5-20-3/h6-8,15,17H,4-5H2,1-3H3. The number of nitro groups is 1. The van der Waals surface area contributed by atoms with Gasteiger partial charge in [0, 0.05) is 28.2 Å². The van der Waals surface area contributed by atoms with E-state index in [1.165, 1.54) is 0 Å². The van der Waals surface area contributed by atoms with Crippen molar-refractivity contribution in [3.8, 4) is 0 Å². The molecule has 6 heteroatoms. The minimum atomic E-state index is -0.954. The number of nitrogens with zero attached hydrogens (tertiary/aromatic N) is 1. The quantitative estimate of drug-likeness (QED) is 0.654. The first-order chi connectivity index (χ1) is 9.35. The number of hydrogen-bond donors (Lipinski definition) is 2. The topological polar surface area (TPSA) is 79.2 Å². The first-order valence-corrected chi connectivity index (χ1v) is 7.74. The first-order valence-electron chi connectivity index (χ1n) is 6.34. The second-order valence-corrected chi connectivity index (χ2v) is 6.17. The van der Waals surface area contributed by atoms with E-state index in [4.69, 9.17) is 0 Å². The second-order valence-electron chi connectivity index (χ2n) is 5.18. The van der Waals surface area contributed by atoms with Crippen LogP contribution in [0.4, 0.5) is 5.69 Å². The van der Waals surface area contributed by atoms with Gasteiger partial charge < -0.3 is 10.1 Å². The van der Waals surface area contributed by atoms with Crippen LogP contribution in [0.3, 0.4) is 0 Å². The first kappa shape index (κ1) is 14.9. The number of fused-ring (bicyclic) bond motifs is 1. The molecule has 0 spiro atoms. The van der Waals surface area contributed by atoms with Crippen LogP contribution < -0.4 is 0 Å². The normalized spacial score (nSPS) is 14.4. The van der Waals surface area contributed by atoms with Gasteiger partial charge in [0.1, 0.15) is 5.60 Å². The molecule has 0 aliphatic rings. The predicted molar refractivity (Wildman–Crippen MR) is 82.3 cm³/mol. The minimum Gasteiger partial charge on any atom is -0.384 e. The van der Waals surface area contributed by atoms with E-state index in [-0.39, 0.29) is 10.6 Å². The van der Waals surface area contributed by atoms with Crippen LogP contribution in [-0.4, -0.2) is 27.0 Å². The fraction of sp³-hybridized carbons (Fsp3) is 0.429. The van der Waals surface area contributed by atoms with Crippen molar-refractivity contribution in [2.75, 3.05) is 12.0 Å². The van der Waals surface area contributed by atoms with Crippen molar-refractivity contribution in [1.29, 1.82) is 0 Å². The number of nitro benzene ring substituents is 1. The van der Waals surface area contributed by atoms with Gasteiger partial charge in [-0.25, -0.2) is 0 Å². The number of rotatable bonds is 5. The van der Waals surface area contributed by atoms with Crippen molar-refractivity contribution in [2.45, 2.75) is 25.9 Å². The van der Waals surface area contributed by atoms with Crippen LogP contribution >= 0.6 is 11.8 Å². The van der Waals surface area contributed by atoms with Crippen LogP contribution in [0.5, 0.6) is 0 Å². The van der Waals surface area contributed by atoms with Gasteiger partial charge in [-0.1, -0.05) is 0 Å². The third-order valence-corrected chi connectivity index (χ3v) is 4.12. The molecule has 1 atom stereocenters. The molecule has 108 valence electrons. The third kappa shape index (κ3) is 2.81. The summed E-state index contributed by atoms with van der Waals surface area (Å²) in [6.07, 6.45) is 2.62. The van der Waals surface area contributed by atoms with Crippen LogP contribution in [0.1, 0.15) is 24.6 Å². The summed E-state index contributed by atoms with van der Waals surface area (Å²) in [4.78, 5) is 13.7. The van der Waals surface area contributed by atoms with Gasteiger partial charge in [-0.2, -0.15) is 11.8 Å². The molecule has 1 aromatic carbocycles. The Bertz CT molecular complexity index is 649. The Hall–Kier alpha value is -1.53. The molecule has 1 heterocycles. The minimum absolute atomic E-state index is 0.104. The molecule has 2 aromatic rings. The lowest BCUT2D eigenvalue weighted by atomic mass is 9.99. The van der Waals surface area contributed by atoms with Crippen LogP contribution in [0, 0.1) is 17.0 Å². The molecule has 0 saturated carbocycles. The van der Waals surface area contributed by atoms with E-state index in [2.05, 4.69) is 4.98 Å². The van der Waals surface area contributed by atoms with E-state index in [0.717, 1.165) is 16.7 Å². The SMILES string of the molecule is CSCCC(C)(O)c1cc2cc([N+](=O)[O-])c(C)cc2[nH]1. The maximum Gasteiger partial charge on any atom is 0.273 e. The molecular weight excluding hydrogens is 276 g/mol. The largest absolute Gasteiger partial charge is 0.384 e. The number of aryl methyl sites for hydroxylation is 1. The number of aromatic nitrogens is 1. The highest BCUT2D eigenvalue weighted by Crippen LogP contribution is 2.31. The highest BCUT2D eigenvalue weighted by molar-refractivity contribution is 7.98. The Morgan fingerprint density at radius 1 is 1.45 bits per heavy atom. The van der Waals surface area contributed by atoms with E-state index in [9.17, 15) is 15.2 Å². The summed E-state index contributed by atoms with van der Waals surface area (Å²) in [5, 5.41) is 22.2. The number of H-pyrrole nitrogens is 1. The van der Waals surface area contributed by atoms with Crippen molar-refractivity contribution >= 4 is 28.4 Å². The highest BCUT2D eigenvalue weighted by Gasteiger charge is 2.25. The molecule has 0 aliphatic carbocycles. The van der Waals surface area contributed by atoms with Crippen molar-refractivity contribution in [3.05, 3.63) is 39.6 Å². The van der Waals surface area contributed by atoms with Gasteiger partial charge in [0.15, 0.2) is 0 Å². The molecule has 0 fully saturated rings. The fourth-order valence-electron chi connectivity index (χ4n) is 2.20. The monoisotopic (exact) mass is 294 g/mol. The average Bonchev–Trinajstić information content (AvgIpc) is 2.78. The molecule has 2 rings (SSSR count). The summed E-state index contributed by atoms with van der Waals surface area (Å²) in [6, 6.07) is 5.10. The van der Waals surface area contributed by atoms with Gasteiger partial charge in [-0.05, 0) is 44.4 Å². The van der Waals surface area contributed by atoms with Crippen molar-refractivity contribution in [1.82, 2.24) is 4.98 Å². The summed E-state index contributed by atoms with van der Waals surface area (Å²) < 4.78 is 0. The van der Waals surface area contributed by atoms with Gasteiger partial charge in [0.2, 0.25) is 0 Å². The molecule has 0 saturated heterocycles. The number of aliphatic hydroxyl groups is 1. The maximum absolute atomic E-state index is 11.0. The van der Waals surface area contributed by atoms with Crippen LogP contribution in [0.25, 0.3) is 10.9 Å². The second kappa shape index (κ2) is 5.46. The zero-order valence-electron chi connectivity index (χ0n) is 11.8. The Morgan fingerprint density at radius 3 is 2.75 bits per heavy atom. The number of benzene rings is 1. The molecule has 0 bridgehead atoms. The van der Waals surface area contributed by atoms with Gasteiger partial charge >= 0.3 is 0 Å². The molecule has 0 amide bonds. The van der Waals surface area contributed by atoms with Gasteiger partial charge in [0.05, 0.1) is 4.92 Å². The molecular formula is C14H18N2O3S. The lowest BCUT2D eigenvalue weighted by molar-refractivity contribution is -0.385. The molecule has 20 heavy (non-hydrogen) atoms. The van der Waals surface area contributed by atoms with E-state index in [0.29, 0.717) is 17.7 Å². The zero-order valence-corrected chi connectivity index (χ0v) is 12.6. The van der Waals surface area contributed by atoms with Gasteiger partial charge in [-0.3, -0.25) is 10.1 Å². The van der Waals surface area contributed by atoms with Crippen LogP contribution in [0.2, 0.25) is 0 Å². The number of aromatic amines is 1. The van der Waals surface area contributed by atoms with Crippen molar-refractivity contribution in [3.63, 3.8) is 0 Å². The molecule has 2 N–H and O–H groups in total. The zero-order chi connectivity index (χ0) is 14.9. The van der Waals surface area contributed by atoms with E-state index >= 15 is 0 Å². The molecule has 0 aliphatic heterocycles. The van der Waals surface area contributed by atoms with Crippen molar-refractivity contribution < 1.29 is 10.0 Å². The number of nitrogens with one attached hydrogen (secondary N) is 1. The molecule has 5 nitrogen and oxygen atoms in total. The lowest BCUT2D eigenvalue weighted by Crippen LogP contribution is -2.22. The van der Waals surface area contributed by atoms with Gasteiger partial charge in [-0.15, -0.1) is 0 Å². The Labute approximate surface area is 121 Å². The molecule has 1 unspecified atom stereocenters. The summed E-state index contributed by atoms with van der Waals surface area (Å²) in [5.41, 5.74) is 1.27. The summed E-state index contributed by atoms with van der Waals surface area (Å²) >= 11 is 1.68. The molecule has 1 aromatic heterocycles. The highest BCUT2D eigenvalue weighted by atomic mass is 32.2. The van der Waals surface area contributed by atoms with E-state index < -0.39 is 5.60 Å². The fourth-order valence-corrected chi connectivity index (χ4v) is 2.80. The third-order valence-electron chi connectivity index (χ3n) is 3.51. The number of thioether (sulfide) groups is 1. The Kier molecular flexibility index (Phi) is 4.06. The molecule has 0 radical (unpaired) electrons. The van der Waals surface area contributed by atoms with Crippen LogP contribution in [-0.2, 0) is 5.60 Å². The van der Waals surface area contributed by atoms with Gasteiger partial charge in [0.25, 0.3) is 5.69 Å². The maximum atomic E-state index is 11.0. The Balaban J connectivity index is 2.46. The van der Waals surface area contributed by atoms with Crippen LogP contribution in [0.15, 0.2) is 18.2 Å².